The fourth-order valence-corrected chi connectivity index (χ4v) is 5.98. The minimum Gasteiger partial charge on any atom is -0.493 e. The minimum atomic E-state index is -0.825. The van der Waals surface area contributed by atoms with Crippen molar-refractivity contribution in [2.45, 2.75) is 64.3 Å². The van der Waals surface area contributed by atoms with Crippen LogP contribution in [0.3, 0.4) is 0 Å². The topological polar surface area (TPSA) is 99.3 Å². The summed E-state index contributed by atoms with van der Waals surface area (Å²) in [7, 11) is 4.08. The van der Waals surface area contributed by atoms with Gasteiger partial charge in [0.15, 0.2) is 5.89 Å². The molecule has 1 aromatic heterocycles. The number of ether oxygens (including phenoxy) is 1. The van der Waals surface area contributed by atoms with E-state index in [-0.39, 0.29) is 24.4 Å². The van der Waals surface area contributed by atoms with Gasteiger partial charge in [-0.05, 0) is 64.0 Å². The first-order chi connectivity index (χ1) is 18.8. The van der Waals surface area contributed by atoms with Gasteiger partial charge in [-0.15, -0.1) is 0 Å². The predicted molar refractivity (Wildman–Crippen MR) is 149 cm³/mol. The van der Waals surface area contributed by atoms with Gasteiger partial charge in [-0.2, -0.15) is 0 Å². The molecule has 2 aromatic rings. The van der Waals surface area contributed by atoms with E-state index >= 15 is 0 Å². The molecule has 0 saturated carbocycles. The van der Waals surface area contributed by atoms with Crippen LogP contribution in [0.1, 0.15) is 61.3 Å². The maximum Gasteiger partial charge on any atom is 0.308 e. The Bertz CT molecular complexity index is 1120. The number of carboxylic acid groups (broad SMARTS) is 1. The molecule has 0 radical (unpaired) electrons. The van der Waals surface area contributed by atoms with Crippen LogP contribution >= 0.6 is 0 Å². The number of likely N-dealkylation sites (tertiary alicyclic amines) is 1. The summed E-state index contributed by atoms with van der Waals surface area (Å²) in [6, 6.07) is 5.77. The third kappa shape index (κ3) is 7.39. The molecule has 1 fully saturated rings. The van der Waals surface area contributed by atoms with Crippen molar-refractivity contribution in [2.24, 2.45) is 5.92 Å². The van der Waals surface area contributed by atoms with Crippen LogP contribution in [0, 0.1) is 12.8 Å². The zero-order valence-electron chi connectivity index (χ0n) is 23.9. The summed E-state index contributed by atoms with van der Waals surface area (Å²) >= 11 is 0. The van der Waals surface area contributed by atoms with Gasteiger partial charge < -0.3 is 24.1 Å². The number of carboxylic acids is 1. The number of hydrogen-bond donors (Lipinski definition) is 1. The van der Waals surface area contributed by atoms with E-state index in [1.807, 2.05) is 38.1 Å². The molecule has 1 saturated heterocycles. The van der Waals surface area contributed by atoms with Crippen molar-refractivity contribution >= 4 is 11.9 Å². The lowest BCUT2D eigenvalue weighted by atomic mass is 9.83. The van der Waals surface area contributed by atoms with E-state index in [0.717, 1.165) is 61.4 Å². The molecule has 3 heterocycles. The van der Waals surface area contributed by atoms with E-state index in [2.05, 4.69) is 27.8 Å². The van der Waals surface area contributed by atoms with Crippen LogP contribution in [0.25, 0.3) is 0 Å². The number of aryl methyl sites for hydroxylation is 2. The van der Waals surface area contributed by atoms with Crippen molar-refractivity contribution in [3.8, 4) is 5.75 Å². The summed E-state index contributed by atoms with van der Waals surface area (Å²) in [5.74, 6) is 0.633. The third-order valence-electron chi connectivity index (χ3n) is 8.00. The molecule has 2 aliphatic rings. The van der Waals surface area contributed by atoms with Crippen LogP contribution in [0.2, 0.25) is 0 Å². The molecule has 2 aliphatic heterocycles. The summed E-state index contributed by atoms with van der Waals surface area (Å²) in [5, 5.41) is 10.5. The van der Waals surface area contributed by atoms with Crippen LogP contribution in [0.5, 0.6) is 5.75 Å². The number of nitrogens with zero attached hydrogens (tertiary/aromatic N) is 4. The summed E-state index contributed by atoms with van der Waals surface area (Å²) in [6.07, 6.45) is 6.50. The molecule has 1 amide bonds. The number of hydrogen-bond acceptors (Lipinski definition) is 7. The molecule has 9 heteroatoms. The molecule has 9 nitrogen and oxygen atoms in total. The molecule has 39 heavy (non-hydrogen) atoms. The van der Waals surface area contributed by atoms with Crippen LogP contribution < -0.4 is 4.74 Å². The highest BCUT2D eigenvalue weighted by molar-refractivity contribution is 5.79. The lowest BCUT2D eigenvalue weighted by molar-refractivity contribution is -0.143. The molecular weight excluding hydrogens is 496 g/mol. The number of fused-ring (bicyclic) bond motifs is 1. The second-order valence-electron chi connectivity index (χ2n) is 11.2. The van der Waals surface area contributed by atoms with Crippen molar-refractivity contribution in [1.29, 1.82) is 0 Å². The Morgan fingerprint density at radius 2 is 1.97 bits per heavy atom. The SMILES string of the molecule is CCCCN(CCCN(C)C)C(=O)CN1C[C@H](c2ccc3c(c2)CCO3)C(C(=O)O)[C@@H]1CCc1ncc(C)o1. The molecular formula is C30H44N4O5. The zero-order chi connectivity index (χ0) is 27.9. The van der Waals surface area contributed by atoms with Crippen molar-refractivity contribution in [1.82, 2.24) is 19.7 Å². The van der Waals surface area contributed by atoms with Gasteiger partial charge in [0.1, 0.15) is 11.5 Å². The smallest absolute Gasteiger partial charge is 0.308 e. The number of aliphatic carboxylic acids is 1. The first kappa shape index (κ1) is 29.1. The summed E-state index contributed by atoms with van der Waals surface area (Å²) in [4.78, 5) is 37.0. The lowest BCUT2D eigenvalue weighted by Gasteiger charge is -2.30. The van der Waals surface area contributed by atoms with Gasteiger partial charge in [0.05, 0.1) is 25.3 Å². The monoisotopic (exact) mass is 540 g/mol. The number of rotatable bonds is 14. The maximum atomic E-state index is 13.7. The Hall–Kier alpha value is -2.91. The number of amides is 1. The van der Waals surface area contributed by atoms with E-state index in [9.17, 15) is 14.7 Å². The van der Waals surface area contributed by atoms with E-state index < -0.39 is 11.9 Å². The second kappa shape index (κ2) is 13.4. The number of oxazole rings is 1. The van der Waals surface area contributed by atoms with Gasteiger partial charge in [0.2, 0.25) is 5.91 Å². The summed E-state index contributed by atoms with van der Waals surface area (Å²) in [6.45, 7) is 7.75. The van der Waals surface area contributed by atoms with Crippen LogP contribution in [0.15, 0.2) is 28.8 Å². The maximum absolute atomic E-state index is 13.7. The van der Waals surface area contributed by atoms with Gasteiger partial charge in [-0.25, -0.2) is 4.98 Å². The normalized spacial score (nSPS) is 20.8. The van der Waals surface area contributed by atoms with Gasteiger partial charge in [-0.1, -0.05) is 25.5 Å². The number of aromatic nitrogens is 1. The Morgan fingerprint density at radius 1 is 1.18 bits per heavy atom. The average Bonchev–Trinajstić information content (AvgIpc) is 3.62. The van der Waals surface area contributed by atoms with Crippen LogP contribution in [0.4, 0.5) is 0 Å². The zero-order valence-corrected chi connectivity index (χ0v) is 23.9. The highest BCUT2D eigenvalue weighted by Gasteiger charge is 2.47. The molecule has 1 aromatic carbocycles. The fourth-order valence-electron chi connectivity index (χ4n) is 5.98. The standard InChI is InChI=1S/C30H44N4O5/c1-5-6-14-33(15-7-13-32(3)4)28(35)20-34-19-24(22-8-10-26-23(17-22)12-16-38-26)29(30(36)37)25(34)9-11-27-31-18-21(2)39-27/h8,10,17-18,24-25,29H,5-7,9,11-16,19-20H2,1-4H3,(H,36,37)/t24-,25+,29?/m1/s1. The minimum absolute atomic E-state index is 0.0753. The van der Waals surface area contributed by atoms with Crippen molar-refractivity contribution in [3.05, 3.63) is 47.2 Å². The van der Waals surface area contributed by atoms with E-state index in [1.54, 1.807) is 6.20 Å². The Labute approximate surface area is 232 Å². The Kier molecular flexibility index (Phi) is 10.0. The first-order valence-electron chi connectivity index (χ1n) is 14.3. The fraction of sp³-hybridized carbons (Fsp3) is 0.633. The van der Waals surface area contributed by atoms with E-state index in [1.165, 1.54) is 0 Å². The molecule has 1 N–H and O–H groups in total. The number of unbranched alkanes of at least 4 members (excludes halogenated alkanes) is 1. The van der Waals surface area contributed by atoms with Gasteiger partial charge in [0.25, 0.3) is 0 Å². The first-order valence-corrected chi connectivity index (χ1v) is 14.3. The average molecular weight is 541 g/mol. The molecule has 3 atom stereocenters. The number of benzene rings is 1. The van der Waals surface area contributed by atoms with Gasteiger partial charge in [-0.3, -0.25) is 14.5 Å². The summed E-state index contributed by atoms with van der Waals surface area (Å²) in [5.41, 5.74) is 2.14. The van der Waals surface area contributed by atoms with Crippen molar-refractivity contribution < 1.29 is 23.8 Å². The van der Waals surface area contributed by atoms with Crippen molar-refractivity contribution in [3.63, 3.8) is 0 Å². The highest BCUT2D eigenvalue weighted by atomic mass is 16.5. The lowest BCUT2D eigenvalue weighted by Crippen LogP contribution is -2.45. The largest absolute Gasteiger partial charge is 0.493 e. The second-order valence-corrected chi connectivity index (χ2v) is 11.2. The molecule has 0 spiro atoms. The van der Waals surface area contributed by atoms with Crippen LogP contribution in [-0.4, -0.2) is 96.1 Å². The van der Waals surface area contributed by atoms with Gasteiger partial charge >= 0.3 is 5.97 Å². The van der Waals surface area contributed by atoms with Gasteiger partial charge in [0, 0.05) is 44.4 Å². The van der Waals surface area contributed by atoms with Crippen LogP contribution in [-0.2, 0) is 22.4 Å². The predicted octanol–water partition coefficient (Wildman–Crippen LogP) is 3.60. The van der Waals surface area contributed by atoms with E-state index in [4.69, 9.17) is 9.15 Å². The molecule has 1 unspecified atom stereocenters. The molecule has 0 aliphatic carbocycles. The summed E-state index contributed by atoms with van der Waals surface area (Å²) < 4.78 is 11.4. The highest BCUT2D eigenvalue weighted by Crippen LogP contribution is 2.41. The third-order valence-corrected chi connectivity index (χ3v) is 8.00. The Balaban J connectivity index is 1.56. The molecule has 4 rings (SSSR count). The quantitative estimate of drug-likeness (QED) is 0.388. The molecule has 214 valence electrons. The molecule has 0 bridgehead atoms. The van der Waals surface area contributed by atoms with Crippen molar-refractivity contribution in [2.75, 3.05) is 53.4 Å². The number of carbonyl (C=O) groups excluding carboxylic acids is 1. The number of carbonyl (C=O) groups is 2. The van der Waals surface area contributed by atoms with E-state index in [0.29, 0.717) is 38.4 Å². The Morgan fingerprint density at radius 3 is 2.67 bits per heavy atom.